The Morgan fingerprint density at radius 2 is 1.80 bits per heavy atom. The zero-order valence-corrected chi connectivity index (χ0v) is 18.4. The number of amides is 2. The van der Waals surface area contributed by atoms with Crippen LogP contribution in [-0.4, -0.2) is 49.0 Å². The highest BCUT2D eigenvalue weighted by Crippen LogP contribution is 2.28. The van der Waals surface area contributed by atoms with Crippen LogP contribution in [0.2, 0.25) is 0 Å². The Bertz CT molecular complexity index is 695. The van der Waals surface area contributed by atoms with Crippen molar-refractivity contribution in [2.45, 2.75) is 77.2 Å². The Labute approximate surface area is 180 Å². The van der Waals surface area contributed by atoms with Crippen LogP contribution in [0.1, 0.15) is 81.5 Å². The molecule has 2 fully saturated rings. The first kappa shape index (κ1) is 22.6. The molecule has 1 saturated heterocycles. The number of hydrogen-bond donors (Lipinski definition) is 2. The highest BCUT2D eigenvalue weighted by Gasteiger charge is 2.20. The van der Waals surface area contributed by atoms with E-state index in [-0.39, 0.29) is 17.9 Å². The fraction of sp³-hybridized carbons (Fsp3) is 0.667. The maximum Gasteiger partial charge on any atom is 0.255 e. The molecule has 0 radical (unpaired) electrons. The van der Waals surface area contributed by atoms with Crippen LogP contribution in [0.25, 0.3) is 0 Å². The molecule has 2 N–H and O–H groups in total. The number of likely N-dealkylation sites (tertiary alicyclic amines) is 1. The summed E-state index contributed by atoms with van der Waals surface area (Å²) in [5, 5.41) is 5.95. The normalized spacial score (nSPS) is 18.0. The van der Waals surface area contributed by atoms with E-state index in [4.69, 9.17) is 4.74 Å². The molecule has 0 spiro atoms. The first-order valence-electron chi connectivity index (χ1n) is 11.8. The Kier molecular flexibility index (Phi) is 9.00. The van der Waals surface area contributed by atoms with Crippen molar-refractivity contribution >= 4 is 17.5 Å². The minimum atomic E-state index is -0.138. The van der Waals surface area contributed by atoms with Gasteiger partial charge in [-0.25, -0.2) is 0 Å². The van der Waals surface area contributed by atoms with E-state index in [2.05, 4.69) is 22.5 Å². The number of nitrogens with zero attached hydrogens (tertiary/aromatic N) is 1. The summed E-state index contributed by atoms with van der Waals surface area (Å²) in [4.78, 5) is 27.5. The van der Waals surface area contributed by atoms with Crippen molar-refractivity contribution in [2.75, 3.05) is 31.5 Å². The maximum absolute atomic E-state index is 12.8. The molecule has 1 heterocycles. The van der Waals surface area contributed by atoms with E-state index in [9.17, 15) is 9.59 Å². The highest BCUT2D eigenvalue weighted by molar-refractivity contribution is 5.99. The molecule has 2 aliphatic rings. The maximum atomic E-state index is 12.8. The predicted molar refractivity (Wildman–Crippen MR) is 120 cm³/mol. The van der Waals surface area contributed by atoms with Gasteiger partial charge in [-0.3, -0.25) is 14.5 Å². The minimum absolute atomic E-state index is 0.0322. The van der Waals surface area contributed by atoms with Gasteiger partial charge >= 0.3 is 0 Å². The lowest BCUT2D eigenvalue weighted by Gasteiger charge is -2.26. The van der Waals surface area contributed by atoms with E-state index in [1.165, 1.54) is 25.7 Å². The Balaban J connectivity index is 1.67. The summed E-state index contributed by atoms with van der Waals surface area (Å²) in [6.07, 6.45) is 11.4. The van der Waals surface area contributed by atoms with Gasteiger partial charge in [-0.15, -0.1) is 0 Å². The monoisotopic (exact) mass is 415 g/mol. The van der Waals surface area contributed by atoms with Crippen molar-refractivity contribution in [2.24, 2.45) is 0 Å². The van der Waals surface area contributed by atoms with Crippen LogP contribution in [0.15, 0.2) is 18.2 Å². The Hall–Kier alpha value is -2.08. The van der Waals surface area contributed by atoms with Gasteiger partial charge in [0, 0.05) is 12.2 Å². The third-order valence-corrected chi connectivity index (χ3v) is 5.99. The van der Waals surface area contributed by atoms with Crippen LogP contribution in [-0.2, 0) is 4.79 Å². The van der Waals surface area contributed by atoms with Crippen molar-refractivity contribution in [3.63, 3.8) is 0 Å². The topological polar surface area (TPSA) is 70.7 Å². The van der Waals surface area contributed by atoms with Crippen molar-refractivity contribution in [1.29, 1.82) is 0 Å². The molecule has 0 aromatic heterocycles. The van der Waals surface area contributed by atoms with E-state index in [0.29, 0.717) is 30.1 Å². The van der Waals surface area contributed by atoms with Gasteiger partial charge in [0.1, 0.15) is 5.75 Å². The fourth-order valence-corrected chi connectivity index (χ4v) is 4.25. The molecule has 30 heavy (non-hydrogen) atoms. The molecule has 2 amide bonds. The number of hydrogen-bond acceptors (Lipinski definition) is 4. The standard InChI is InChI=1S/C24H37N3O3/c1-2-3-14-25-24(29)21-17-19(26-23(28)18-27-15-8-5-9-16-27)12-13-22(21)30-20-10-6-4-7-11-20/h12-13,17,20H,2-11,14-16,18H2,1H3,(H,25,29)(H,26,28). The van der Waals surface area contributed by atoms with E-state index in [1.807, 2.05) is 12.1 Å². The number of carbonyl (C=O) groups excluding carboxylic acids is 2. The summed E-state index contributed by atoms with van der Waals surface area (Å²) in [5.41, 5.74) is 1.15. The number of piperidine rings is 1. The molecule has 6 nitrogen and oxygen atoms in total. The van der Waals surface area contributed by atoms with E-state index in [0.717, 1.165) is 51.6 Å². The summed E-state index contributed by atoms with van der Waals surface area (Å²) in [6.45, 7) is 5.10. The largest absolute Gasteiger partial charge is 0.490 e. The predicted octanol–water partition coefficient (Wildman–Crippen LogP) is 4.35. The van der Waals surface area contributed by atoms with Crippen LogP contribution >= 0.6 is 0 Å². The van der Waals surface area contributed by atoms with Crippen LogP contribution < -0.4 is 15.4 Å². The number of ether oxygens (including phenoxy) is 1. The average Bonchev–Trinajstić information content (AvgIpc) is 2.76. The molecular weight excluding hydrogens is 378 g/mol. The molecule has 0 unspecified atom stereocenters. The van der Waals surface area contributed by atoms with E-state index in [1.54, 1.807) is 6.07 Å². The van der Waals surface area contributed by atoms with Gasteiger partial charge in [0.05, 0.1) is 18.2 Å². The molecule has 1 aromatic carbocycles. The lowest BCUT2D eigenvalue weighted by atomic mass is 9.97. The van der Waals surface area contributed by atoms with Gasteiger partial charge in [0.25, 0.3) is 5.91 Å². The molecule has 166 valence electrons. The van der Waals surface area contributed by atoms with Gasteiger partial charge < -0.3 is 15.4 Å². The van der Waals surface area contributed by atoms with Gasteiger partial charge in [0.15, 0.2) is 0 Å². The number of carbonyl (C=O) groups is 2. The van der Waals surface area contributed by atoms with E-state index < -0.39 is 0 Å². The highest BCUT2D eigenvalue weighted by atomic mass is 16.5. The third-order valence-electron chi connectivity index (χ3n) is 5.99. The van der Waals surface area contributed by atoms with Crippen molar-refractivity contribution in [1.82, 2.24) is 10.2 Å². The second-order valence-electron chi connectivity index (χ2n) is 8.58. The van der Waals surface area contributed by atoms with Crippen molar-refractivity contribution in [3.8, 4) is 5.75 Å². The van der Waals surface area contributed by atoms with Gasteiger partial charge in [-0.2, -0.15) is 0 Å². The number of benzene rings is 1. The second-order valence-corrected chi connectivity index (χ2v) is 8.58. The van der Waals surface area contributed by atoms with Gasteiger partial charge in [-0.1, -0.05) is 26.2 Å². The summed E-state index contributed by atoms with van der Waals surface area (Å²) in [7, 11) is 0. The van der Waals surface area contributed by atoms with Crippen LogP contribution in [0.3, 0.4) is 0 Å². The zero-order valence-electron chi connectivity index (χ0n) is 18.4. The lowest BCUT2D eigenvalue weighted by Crippen LogP contribution is -2.36. The molecule has 0 atom stereocenters. The molecule has 1 aromatic rings. The minimum Gasteiger partial charge on any atom is -0.490 e. The Morgan fingerprint density at radius 1 is 1.07 bits per heavy atom. The fourth-order valence-electron chi connectivity index (χ4n) is 4.25. The summed E-state index contributed by atoms with van der Waals surface area (Å²) in [5.74, 6) is 0.446. The van der Waals surface area contributed by atoms with Crippen LogP contribution in [0.4, 0.5) is 5.69 Å². The zero-order chi connectivity index (χ0) is 21.2. The third kappa shape index (κ3) is 7.01. The SMILES string of the molecule is CCCCNC(=O)c1cc(NC(=O)CN2CCCCC2)ccc1OC1CCCCC1. The van der Waals surface area contributed by atoms with E-state index >= 15 is 0 Å². The lowest BCUT2D eigenvalue weighted by molar-refractivity contribution is -0.117. The molecule has 1 saturated carbocycles. The summed E-state index contributed by atoms with van der Waals surface area (Å²) in [6, 6.07) is 5.43. The summed E-state index contributed by atoms with van der Waals surface area (Å²) < 4.78 is 6.21. The summed E-state index contributed by atoms with van der Waals surface area (Å²) >= 11 is 0. The van der Waals surface area contributed by atoms with Gasteiger partial charge in [-0.05, 0) is 76.2 Å². The number of unbranched alkanes of at least 4 members (excludes halogenated alkanes) is 1. The number of rotatable bonds is 9. The first-order chi connectivity index (χ1) is 14.7. The van der Waals surface area contributed by atoms with Gasteiger partial charge in [0.2, 0.25) is 5.91 Å². The molecule has 0 bridgehead atoms. The Morgan fingerprint density at radius 3 is 2.53 bits per heavy atom. The molecular formula is C24H37N3O3. The van der Waals surface area contributed by atoms with Crippen LogP contribution in [0.5, 0.6) is 5.75 Å². The molecule has 1 aliphatic carbocycles. The quantitative estimate of drug-likeness (QED) is 0.588. The second kappa shape index (κ2) is 11.9. The van der Waals surface area contributed by atoms with Crippen LogP contribution in [0, 0.1) is 0 Å². The van der Waals surface area contributed by atoms with Crippen molar-refractivity contribution < 1.29 is 14.3 Å². The average molecular weight is 416 g/mol. The molecule has 1 aliphatic heterocycles. The first-order valence-corrected chi connectivity index (χ1v) is 11.8. The number of anilines is 1. The smallest absolute Gasteiger partial charge is 0.255 e. The van der Waals surface area contributed by atoms with Crippen molar-refractivity contribution in [3.05, 3.63) is 23.8 Å². The molecule has 6 heteroatoms. The molecule has 3 rings (SSSR count). The number of nitrogens with one attached hydrogen (secondary N) is 2.